The van der Waals surface area contributed by atoms with Crippen molar-refractivity contribution in [1.82, 2.24) is 15.0 Å². The summed E-state index contributed by atoms with van der Waals surface area (Å²) < 4.78 is 64.9. The zero-order chi connectivity index (χ0) is 31.4. The second-order valence-electron chi connectivity index (χ2n) is 9.88. The summed E-state index contributed by atoms with van der Waals surface area (Å²) in [4.78, 5) is 13.2. The fraction of sp³-hybridized carbons (Fsp3) is 0.258. The summed E-state index contributed by atoms with van der Waals surface area (Å²) in [6.07, 6.45) is 1.27. The Morgan fingerprint density at radius 1 is 1.07 bits per heavy atom. The number of nitrogens with one attached hydrogen (secondary N) is 1. The Balaban J connectivity index is 1.38. The molecule has 0 bridgehead atoms. The molecular formula is C31H29ClF2N4O4S2. The van der Waals surface area contributed by atoms with Gasteiger partial charge in [0, 0.05) is 33.8 Å². The maximum Gasteiger partial charge on any atom is 0.176 e. The monoisotopic (exact) mass is 658 g/mol. The molecule has 0 spiro atoms. The molecule has 0 amide bonds. The molecule has 0 aliphatic rings. The van der Waals surface area contributed by atoms with Crippen LogP contribution < -0.4 is 10.1 Å². The Kier molecular flexibility index (Phi) is 9.74. The van der Waals surface area contributed by atoms with Gasteiger partial charge in [-0.3, -0.25) is 0 Å². The number of sulfone groups is 1. The lowest BCUT2D eigenvalue weighted by molar-refractivity contribution is 0.0353. The molecule has 3 aromatic carbocycles. The predicted molar refractivity (Wildman–Crippen MR) is 169 cm³/mol. The molecule has 5 rings (SSSR count). The molecule has 5 aromatic rings. The number of aromatic nitrogens is 3. The highest BCUT2D eigenvalue weighted by molar-refractivity contribution is 7.91. The minimum Gasteiger partial charge on any atom is -0.487 e. The number of fused-ring (bicyclic) bond motifs is 1. The minimum atomic E-state index is -3.39. The van der Waals surface area contributed by atoms with E-state index >= 15 is 4.39 Å². The standard InChI is InChI=1S/C31H29ClF2N4O4S2/c1-4-28(42-18(3)44(39,40)5-2)31-38-27(16-43-31)22-13-23-26(14-25(22)34)35-17-36-30(23)37-21-9-10-29(24(32)12-21)41-15-19-7-6-8-20(33)11-19/h6-14,16-18,28H,4-5,15H2,1-3H3,(H,35,36,37). The summed E-state index contributed by atoms with van der Waals surface area (Å²) in [5.74, 6) is -0.0493. The van der Waals surface area contributed by atoms with Gasteiger partial charge >= 0.3 is 0 Å². The van der Waals surface area contributed by atoms with Crippen molar-refractivity contribution in [1.29, 1.82) is 0 Å². The molecule has 13 heteroatoms. The number of anilines is 2. The van der Waals surface area contributed by atoms with Crippen molar-refractivity contribution >= 4 is 55.2 Å². The molecule has 2 heterocycles. The summed E-state index contributed by atoms with van der Waals surface area (Å²) >= 11 is 7.74. The third kappa shape index (κ3) is 7.15. The molecule has 0 saturated heterocycles. The number of nitrogens with zero attached hydrogens (tertiary/aromatic N) is 3. The van der Waals surface area contributed by atoms with Gasteiger partial charge in [0.25, 0.3) is 0 Å². The van der Waals surface area contributed by atoms with Gasteiger partial charge in [-0.2, -0.15) is 0 Å². The first-order valence-corrected chi connectivity index (χ1v) is 16.8. The molecule has 0 radical (unpaired) electrons. The van der Waals surface area contributed by atoms with Crippen LogP contribution in [0, 0.1) is 11.6 Å². The summed E-state index contributed by atoms with van der Waals surface area (Å²) in [6, 6.07) is 14.2. The topological polar surface area (TPSA) is 103 Å². The van der Waals surface area contributed by atoms with Crippen molar-refractivity contribution in [2.24, 2.45) is 0 Å². The number of ether oxygens (including phenoxy) is 2. The quantitative estimate of drug-likeness (QED) is 0.143. The van der Waals surface area contributed by atoms with E-state index < -0.39 is 27.2 Å². The zero-order valence-corrected chi connectivity index (χ0v) is 26.4. The molecule has 0 fully saturated rings. The van der Waals surface area contributed by atoms with Crippen molar-refractivity contribution in [2.75, 3.05) is 11.1 Å². The minimum absolute atomic E-state index is 0.0326. The van der Waals surface area contributed by atoms with E-state index in [1.54, 1.807) is 48.7 Å². The number of hydrogen-bond donors (Lipinski definition) is 1. The lowest BCUT2D eigenvalue weighted by Crippen LogP contribution is -2.24. The van der Waals surface area contributed by atoms with Crippen molar-refractivity contribution in [3.8, 4) is 17.0 Å². The summed E-state index contributed by atoms with van der Waals surface area (Å²) in [5.41, 5.74) is 1.29. The maximum absolute atomic E-state index is 15.3. The van der Waals surface area contributed by atoms with Gasteiger partial charge < -0.3 is 14.8 Å². The van der Waals surface area contributed by atoms with Gasteiger partial charge in [0.05, 0.1) is 16.2 Å². The van der Waals surface area contributed by atoms with Crippen LogP contribution in [0.2, 0.25) is 5.02 Å². The van der Waals surface area contributed by atoms with Gasteiger partial charge in [-0.15, -0.1) is 11.3 Å². The molecule has 0 saturated carbocycles. The predicted octanol–water partition coefficient (Wildman–Crippen LogP) is 8.26. The molecule has 44 heavy (non-hydrogen) atoms. The average molecular weight is 659 g/mol. The molecule has 230 valence electrons. The van der Waals surface area contributed by atoms with E-state index in [9.17, 15) is 12.8 Å². The SMILES string of the molecule is CCC(OC(C)S(=O)(=O)CC)c1nc(-c2cc3c(Nc4ccc(OCc5cccc(F)c5)c(Cl)c4)ncnc3cc2F)cs1. The molecule has 2 unspecified atom stereocenters. The normalized spacial score (nSPS) is 13.1. The summed E-state index contributed by atoms with van der Waals surface area (Å²) in [6.45, 7) is 5.10. The number of halogens is 3. The second-order valence-corrected chi connectivity index (χ2v) is 13.7. The van der Waals surface area contributed by atoms with Crippen molar-refractivity contribution in [3.63, 3.8) is 0 Å². The molecule has 0 aliphatic heterocycles. The van der Waals surface area contributed by atoms with Crippen LogP contribution in [0.1, 0.15) is 43.9 Å². The lowest BCUT2D eigenvalue weighted by Gasteiger charge is -2.19. The van der Waals surface area contributed by atoms with Crippen molar-refractivity contribution in [3.05, 3.63) is 93.5 Å². The fourth-order valence-electron chi connectivity index (χ4n) is 4.43. The van der Waals surface area contributed by atoms with Gasteiger partial charge in [0.15, 0.2) is 15.3 Å². The third-order valence-corrected chi connectivity index (χ3v) is 10.1. The summed E-state index contributed by atoms with van der Waals surface area (Å²) in [7, 11) is -3.39. The van der Waals surface area contributed by atoms with Crippen molar-refractivity contribution in [2.45, 2.75) is 45.3 Å². The third-order valence-electron chi connectivity index (χ3n) is 6.91. The van der Waals surface area contributed by atoms with E-state index in [0.29, 0.717) is 55.9 Å². The van der Waals surface area contributed by atoms with Crippen LogP contribution in [-0.2, 0) is 21.2 Å². The fourth-order valence-corrected chi connectivity index (χ4v) is 6.38. The first-order valence-electron chi connectivity index (χ1n) is 13.8. The Morgan fingerprint density at radius 2 is 1.89 bits per heavy atom. The highest BCUT2D eigenvalue weighted by Gasteiger charge is 2.26. The van der Waals surface area contributed by atoms with Crippen molar-refractivity contribution < 1.29 is 26.7 Å². The zero-order valence-electron chi connectivity index (χ0n) is 24.1. The highest BCUT2D eigenvalue weighted by atomic mass is 35.5. The van der Waals surface area contributed by atoms with Crippen LogP contribution in [-0.4, -0.2) is 34.6 Å². The number of benzene rings is 3. The average Bonchev–Trinajstić information content (AvgIpc) is 3.49. The van der Waals surface area contributed by atoms with E-state index in [4.69, 9.17) is 21.1 Å². The Labute approximate surface area is 263 Å². The maximum atomic E-state index is 15.3. The second kappa shape index (κ2) is 13.5. The Bertz CT molecular complexity index is 1910. The van der Waals surface area contributed by atoms with Gasteiger partial charge in [0.1, 0.15) is 47.2 Å². The van der Waals surface area contributed by atoms with Gasteiger partial charge in [-0.25, -0.2) is 32.2 Å². The van der Waals surface area contributed by atoms with Crippen LogP contribution in [0.4, 0.5) is 20.3 Å². The highest BCUT2D eigenvalue weighted by Crippen LogP contribution is 2.35. The van der Waals surface area contributed by atoms with Crippen LogP contribution in [0.25, 0.3) is 22.2 Å². The smallest absolute Gasteiger partial charge is 0.176 e. The number of hydrogen-bond acceptors (Lipinski definition) is 9. The number of rotatable bonds is 12. The van der Waals surface area contributed by atoms with E-state index in [0.717, 1.165) is 0 Å². The molecule has 2 aromatic heterocycles. The van der Waals surface area contributed by atoms with Gasteiger partial charge in [-0.05, 0) is 55.3 Å². The van der Waals surface area contributed by atoms with Gasteiger partial charge in [0.2, 0.25) is 0 Å². The molecule has 0 aliphatic carbocycles. The largest absolute Gasteiger partial charge is 0.487 e. The van der Waals surface area contributed by atoms with Crippen LogP contribution in [0.3, 0.4) is 0 Å². The van der Waals surface area contributed by atoms with E-state index in [1.807, 2.05) is 6.92 Å². The molecule has 8 nitrogen and oxygen atoms in total. The van der Waals surface area contributed by atoms with Crippen LogP contribution in [0.5, 0.6) is 5.75 Å². The molecule has 2 atom stereocenters. The molecular weight excluding hydrogens is 630 g/mol. The first-order chi connectivity index (χ1) is 21.1. The Hall–Kier alpha value is -3.71. The van der Waals surface area contributed by atoms with Crippen LogP contribution >= 0.6 is 22.9 Å². The van der Waals surface area contributed by atoms with Gasteiger partial charge in [-0.1, -0.05) is 37.6 Å². The molecule has 1 N–H and O–H groups in total. The number of thiazole rings is 1. The summed E-state index contributed by atoms with van der Waals surface area (Å²) in [5, 5.41) is 6.36. The van der Waals surface area contributed by atoms with E-state index in [2.05, 4.69) is 20.3 Å². The van der Waals surface area contributed by atoms with E-state index in [1.165, 1.54) is 42.8 Å². The lowest BCUT2D eigenvalue weighted by atomic mass is 10.1. The Morgan fingerprint density at radius 3 is 2.61 bits per heavy atom. The van der Waals surface area contributed by atoms with Crippen LogP contribution in [0.15, 0.2) is 66.3 Å². The van der Waals surface area contributed by atoms with E-state index in [-0.39, 0.29) is 23.7 Å². The first kappa shape index (κ1) is 31.7.